The van der Waals surface area contributed by atoms with Crippen LogP contribution in [0.4, 0.5) is 5.13 Å². The molecule has 0 aliphatic carbocycles. The van der Waals surface area contributed by atoms with Crippen LogP contribution in [0.3, 0.4) is 0 Å². The number of nitrogens with one attached hydrogen (secondary N) is 1. The van der Waals surface area contributed by atoms with Gasteiger partial charge in [0.25, 0.3) is 5.91 Å². The van der Waals surface area contributed by atoms with Crippen molar-refractivity contribution in [1.82, 2.24) is 4.98 Å². The molecule has 0 radical (unpaired) electrons. The van der Waals surface area contributed by atoms with E-state index >= 15 is 0 Å². The van der Waals surface area contributed by atoms with E-state index in [1.54, 1.807) is 12.1 Å². The van der Waals surface area contributed by atoms with Crippen LogP contribution in [0.2, 0.25) is 0 Å². The van der Waals surface area contributed by atoms with Crippen molar-refractivity contribution in [2.75, 3.05) is 25.1 Å². The van der Waals surface area contributed by atoms with Gasteiger partial charge in [-0.15, -0.1) is 11.3 Å². The van der Waals surface area contributed by atoms with Crippen LogP contribution in [0.5, 0.6) is 17.2 Å². The fourth-order valence-corrected chi connectivity index (χ4v) is 3.86. The van der Waals surface area contributed by atoms with Crippen molar-refractivity contribution in [3.8, 4) is 28.5 Å². The Labute approximate surface area is 187 Å². The predicted octanol–water partition coefficient (Wildman–Crippen LogP) is 5.88. The van der Waals surface area contributed by atoms with Gasteiger partial charge in [0, 0.05) is 16.5 Å². The smallest absolute Gasteiger partial charge is 0.257 e. The Balaban J connectivity index is 1.88. The third-order valence-electron chi connectivity index (χ3n) is 4.56. The Morgan fingerprint density at radius 2 is 1.61 bits per heavy atom. The monoisotopic (exact) mass is 440 g/mol. The van der Waals surface area contributed by atoms with Gasteiger partial charge in [0.2, 0.25) is 5.75 Å². The van der Waals surface area contributed by atoms with E-state index in [2.05, 4.69) is 42.3 Å². The van der Waals surface area contributed by atoms with Crippen molar-refractivity contribution in [2.45, 2.75) is 34.6 Å². The number of aromatic nitrogens is 1. The van der Waals surface area contributed by atoms with Gasteiger partial charge in [0.15, 0.2) is 16.6 Å². The van der Waals surface area contributed by atoms with Crippen LogP contribution in [0.25, 0.3) is 11.3 Å². The second-order valence-corrected chi connectivity index (χ2v) is 7.77. The number of ether oxygens (including phenoxy) is 3. The molecule has 2 aromatic carbocycles. The zero-order valence-corrected chi connectivity index (χ0v) is 19.4. The fourth-order valence-electron chi connectivity index (χ4n) is 3.16. The predicted molar refractivity (Wildman–Crippen MR) is 125 cm³/mol. The molecule has 0 bridgehead atoms. The fraction of sp³-hybridized carbons (Fsp3) is 0.333. The molecule has 31 heavy (non-hydrogen) atoms. The van der Waals surface area contributed by atoms with E-state index in [4.69, 9.17) is 14.2 Å². The third-order valence-corrected chi connectivity index (χ3v) is 5.32. The van der Waals surface area contributed by atoms with E-state index in [0.29, 0.717) is 47.8 Å². The maximum Gasteiger partial charge on any atom is 0.257 e. The minimum atomic E-state index is -0.285. The first-order valence-electron chi connectivity index (χ1n) is 10.4. The zero-order valence-electron chi connectivity index (χ0n) is 18.6. The molecule has 6 nitrogen and oxygen atoms in total. The van der Waals surface area contributed by atoms with Gasteiger partial charge in [0.1, 0.15) is 0 Å². The first-order chi connectivity index (χ1) is 15.0. The van der Waals surface area contributed by atoms with Crippen LogP contribution in [-0.2, 0) is 0 Å². The van der Waals surface area contributed by atoms with Crippen molar-refractivity contribution in [2.24, 2.45) is 0 Å². The van der Waals surface area contributed by atoms with Crippen LogP contribution in [0, 0.1) is 13.8 Å². The van der Waals surface area contributed by atoms with E-state index in [1.165, 1.54) is 16.9 Å². The molecular weight excluding hydrogens is 412 g/mol. The second kappa shape index (κ2) is 10.3. The van der Waals surface area contributed by atoms with E-state index in [1.807, 2.05) is 26.2 Å². The number of carbonyl (C=O) groups excluding carboxylic acids is 1. The molecule has 1 heterocycles. The van der Waals surface area contributed by atoms with Gasteiger partial charge in [-0.1, -0.05) is 17.7 Å². The summed E-state index contributed by atoms with van der Waals surface area (Å²) in [6, 6.07) is 9.60. The summed E-state index contributed by atoms with van der Waals surface area (Å²) in [6.45, 7) is 11.1. The lowest BCUT2D eigenvalue weighted by atomic mass is 10.0. The lowest BCUT2D eigenvalue weighted by Gasteiger charge is -2.16. The molecule has 1 amide bonds. The highest BCUT2D eigenvalue weighted by atomic mass is 32.1. The molecule has 164 valence electrons. The summed E-state index contributed by atoms with van der Waals surface area (Å²) in [5.41, 5.74) is 4.63. The topological polar surface area (TPSA) is 69.7 Å². The standard InChI is InChI=1S/C24H28N2O4S/c1-6-28-20-12-17(13-21(29-7-2)22(20)30-8-3)23(27)26-24-25-19(14-31-24)18-11-15(4)9-10-16(18)5/h9-14H,6-8H2,1-5H3,(H,25,26,27). The first kappa shape index (κ1) is 22.6. The number of amides is 1. The highest BCUT2D eigenvalue weighted by molar-refractivity contribution is 7.14. The van der Waals surface area contributed by atoms with E-state index < -0.39 is 0 Å². The molecule has 0 aliphatic heterocycles. The number of carbonyl (C=O) groups is 1. The summed E-state index contributed by atoms with van der Waals surface area (Å²) < 4.78 is 17.1. The Bertz CT molecular complexity index is 1030. The summed E-state index contributed by atoms with van der Waals surface area (Å²) in [5, 5.41) is 5.37. The average molecular weight is 441 g/mol. The van der Waals surface area contributed by atoms with Crippen molar-refractivity contribution in [1.29, 1.82) is 0 Å². The van der Waals surface area contributed by atoms with E-state index in [-0.39, 0.29) is 5.91 Å². The number of nitrogens with zero attached hydrogens (tertiary/aromatic N) is 1. The molecule has 3 rings (SSSR count). The van der Waals surface area contributed by atoms with E-state index in [9.17, 15) is 4.79 Å². The largest absolute Gasteiger partial charge is 0.490 e. The number of benzene rings is 2. The normalized spacial score (nSPS) is 10.6. The highest BCUT2D eigenvalue weighted by Crippen LogP contribution is 2.39. The summed E-state index contributed by atoms with van der Waals surface area (Å²) in [5.74, 6) is 1.19. The lowest BCUT2D eigenvalue weighted by molar-refractivity contribution is 0.102. The SMILES string of the molecule is CCOc1cc(C(=O)Nc2nc(-c3cc(C)ccc3C)cs2)cc(OCC)c1OCC. The van der Waals surface area contributed by atoms with Crippen LogP contribution in [0.1, 0.15) is 42.3 Å². The molecule has 1 aromatic heterocycles. The van der Waals surface area contributed by atoms with Crippen molar-refractivity contribution >= 4 is 22.4 Å². The Morgan fingerprint density at radius 1 is 0.968 bits per heavy atom. The maximum absolute atomic E-state index is 13.0. The summed E-state index contributed by atoms with van der Waals surface area (Å²) in [4.78, 5) is 17.6. The number of anilines is 1. The molecule has 0 saturated heterocycles. The zero-order chi connectivity index (χ0) is 22.4. The van der Waals surface area contributed by atoms with Gasteiger partial charge >= 0.3 is 0 Å². The Morgan fingerprint density at radius 3 is 2.23 bits per heavy atom. The molecular formula is C24H28N2O4S. The van der Waals surface area contributed by atoms with Crippen molar-refractivity contribution in [3.05, 3.63) is 52.4 Å². The molecule has 0 atom stereocenters. The minimum absolute atomic E-state index is 0.285. The number of hydrogen-bond acceptors (Lipinski definition) is 6. The van der Waals surface area contributed by atoms with Gasteiger partial charge in [-0.2, -0.15) is 0 Å². The molecule has 0 unspecified atom stereocenters. The molecule has 0 saturated carbocycles. The van der Waals surface area contributed by atoms with Crippen LogP contribution in [-0.4, -0.2) is 30.7 Å². The summed E-state index contributed by atoms with van der Waals surface area (Å²) in [7, 11) is 0. The maximum atomic E-state index is 13.0. The summed E-state index contributed by atoms with van der Waals surface area (Å²) in [6.07, 6.45) is 0. The van der Waals surface area contributed by atoms with Gasteiger partial charge < -0.3 is 14.2 Å². The highest BCUT2D eigenvalue weighted by Gasteiger charge is 2.19. The number of aryl methyl sites for hydroxylation is 2. The number of thiazole rings is 1. The lowest BCUT2D eigenvalue weighted by Crippen LogP contribution is -2.13. The molecule has 1 N–H and O–H groups in total. The summed E-state index contributed by atoms with van der Waals surface area (Å²) >= 11 is 1.39. The average Bonchev–Trinajstić information content (AvgIpc) is 3.20. The minimum Gasteiger partial charge on any atom is -0.490 e. The van der Waals surface area contributed by atoms with Crippen molar-refractivity contribution < 1.29 is 19.0 Å². The van der Waals surface area contributed by atoms with Crippen molar-refractivity contribution in [3.63, 3.8) is 0 Å². The van der Waals surface area contributed by atoms with Crippen LogP contribution < -0.4 is 19.5 Å². The first-order valence-corrected chi connectivity index (χ1v) is 11.3. The number of hydrogen-bond donors (Lipinski definition) is 1. The van der Waals surface area contributed by atoms with Gasteiger partial charge in [-0.05, 0) is 58.4 Å². The molecule has 7 heteroatoms. The van der Waals surface area contributed by atoms with Crippen LogP contribution >= 0.6 is 11.3 Å². The number of rotatable bonds is 9. The molecule has 0 spiro atoms. The second-order valence-electron chi connectivity index (χ2n) is 6.91. The van der Waals surface area contributed by atoms with Crippen LogP contribution in [0.15, 0.2) is 35.7 Å². The molecule has 0 aliphatic rings. The molecule has 0 fully saturated rings. The van der Waals surface area contributed by atoms with E-state index in [0.717, 1.165) is 16.8 Å². The quantitative estimate of drug-likeness (QED) is 0.450. The Hall–Kier alpha value is -3.06. The van der Waals surface area contributed by atoms with Gasteiger partial charge in [-0.3, -0.25) is 10.1 Å². The van der Waals surface area contributed by atoms with Gasteiger partial charge in [-0.25, -0.2) is 4.98 Å². The third kappa shape index (κ3) is 5.35. The molecule has 3 aromatic rings. The van der Waals surface area contributed by atoms with Gasteiger partial charge in [0.05, 0.1) is 25.5 Å². The Kier molecular flexibility index (Phi) is 7.52.